The first-order chi connectivity index (χ1) is 9.78. The fourth-order valence-electron chi connectivity index (χ4n) is 2.95. The molecule has 20 heavy (non-hydrogen) atoms. The molecule has 0 amide bonds. The van der Waals surface area contributed by atoms with E-state index in [0.29, 0.717) is 17.3 Å². The van der Waals surface area contributed by atoms with Gasteiger partial charge in [0.2, 0.25) is 0 Å². The van der Waals surface area contributed by atoms with Crippen LogP contribution in [0.25, 0.3) is 10.2 Å². The van der Waals surface area contributed by atoms with E-state index in [2.05, 4.69) is 14.9 Å². The molecule has 0 aromatic carbocycles. The minimum absolute atomic E-state index is 0.0360. The number of hydrogen-bond acceptors (Lipinski definition) is 5. The lowest BCUT2D eigenvalue weighted by Gasteiger charge is -2.23. The Morgan fingerprint density at radius 3 is 3.30 bits per heavy atom. The molecule has 1 atom stereocenters. The molecule has 0 saturated carbocycles. The first kappa shape index (κ1) is 13.7. The van der Waals surface area contributed by atoms with Gasteiger partial charge >= 0.3 is 0 Å². The SMILES string of the molecule is O=c1[nH]c(CN2CCCC2CCCO)nc2ccsc12. The van der Waals surface area contributed by atoms with Crippen LogP contribution in [0.15, 0.2) is 16.2 Å². The van der Waals surface area contributed by atoms with Crippen molar-refractivity contribution < 1.29 is 5.11 Å². The highest BCUT2D eigenvalue weighted by molar-refractivity contribution is 7.17. The van der Waals surface area contributed by atoms with Gasteiger partial charge in [-0.2, -0.15) is 0 Å². The average Bonchev–Trinajstić information content (AvgIpc) is 3.05. The summed E-state index contributed by atoms with van der Waals surface area (Å²) in [6.07, 6.45) is 4.21. The predicted octanol–water partition coefficient (Wildman–Crippen LogP) is 1.72. The van der Waals surface area contributed by atoms with Crippen molar-refractivity contribution in [3.63, 3.8) is 0 Å². The Labute approximate surface area is 121 Å². The van der Waals surface area contributed by atoms with Gasteiger partial charge < -0.3 is 10.1 Å². The zero-order chi connectivity index (χ0) is 13.9. The molecule has 3 heterocycles. The molecule has 0 radical (unpaired) electrons. The normalized spacial score (nSPS) is 19.9. The molecule has 2 N–H and O–H groups in total. The molecule has 108 valence electrons. The first-order valence-corrected chi connectivity index (χ1v) is 7.97. The molecular formula is C14H19N3O2S. The molecule has 2 aromatic rings. The van der Waals surface area contributed by atoms with Crippen molar-refractivity contribution in [2.45, 2.75) is 38.3 Å². The zero-order valence-electron chi connectivity index (χ0n) is 11.3. The number of nitrogens with one attached hydrogen (secondary N) is 1. The molecule has 0 aliphatic carbocycles. The van der Waals surface area contributed by atoms with Crippen molar-refractivity contribution >= 4 is 21.6 Å². The van der Waals surface area contributed by atoms with Crippen LogP contribution in [0.1, 0.15) is 31.5 Å². The largest absolute Gasteiger partial charge is 0.396 e. The first-order valence-electron chi connectivity index (χ1n) is 7.09. The molecular weight excluding hydrogens is 274 g/mol. The number of aromatic amines is 1. The Kier molecular flexibility index (Phi) is 4.14. The van der Waals surface area contributed by atoms with Gasteiger partial charge in [0.15, 0.2) is 0 Å². The van der Waals surface area contributed by atoms with Gasteiger partial charge in [0.25, 0.3) is 5.56 Å². The standard InChI is InChI=1S/C14H19N3O2S/c18-7-2-4-10-3-1-6-17(10)9-12-15-11-5-8-20-13(11)14(19)16-12/h5,8,10,18H,1-4,6-7,9H2,(H,15,16,19). The minimum atomic E-state index is -0.0360. The molecule has 3 rings (SSSR count). The molecule has 1 aliphatic heterocycles. The summed E-state index contributed by atoms with van der Waals surface area (Å²) in [6.45, 7) is 1.99. The van der Waals surface area contributed by atoms with Crippen molar-refractivity contribution in [3.8, 4) is 0 Å². The van der Waals surface area contributed by atoms with Crippen LogP contribution < -0.4 is 5.56 Å². The smallest absolute Gasteiger partial charge is 0.268 e. The molecule has 1 aliphatic rings. The number of rotatable bonds is 5. The second-order valence-corrected chi connectivity index (χ2v) is 6.20. The van der Waals surface area contributed by atoms with Crippen molar-refractivity contribution in [2.75, 3.05) is 13.2 Å². The monoisotopic (exact) mass is 293 g/mol. The Hall–Kier alpha value is -1.24. The Balaban J connectivity index is 1.76. The summed E-state index contributed by atoms with van der Waals surface area (Å²) in [4.78, 5) is 21.7. The summed E-state index contributed by atoms with van der Waals surface area (Å²) in [5.74, 6) is 0.747. The maximum absolute atomic E-state index is 12.0. The third-order valence-corrected chi connectivity index (χ3v) is 4.81. The third-order valence-electron chi connectivity index (χ3n) is 3.91. The van der Waals surface area contributed by atoms with Crippen LogP contribution in [0, 0.1) is 0 Å². The fraction of sp³-hybridized carbons (Fsp3) is 0.571. The molecule has 1 saturated heterocycles. The van der Waals surface area contributed by atoms with Crippen LogP contribution in [0.2, 0.25) is 0 Å². The lowest BCUT2D eigenvalue weighted by atomic mass is 10.1. The summed E-state index contributed by atoms with van der Waals surface area (Å²) in [7, 11) is 0. The van der Waals surface area contributed by atoms with Crippen molar-refractivity contribution in [1.29, 1.82) is 0 Å². The fourth-order valence-corrected chi connectivity index (χ4v) is 3.67. The van der Waals surface area contributed by atoms with E-state index in [0.717, 1.165) is 30.7 Å². The van der Waals surface area contributed by atoms with Crippen LogP contribution in [0.5, 0.6) is 0 Å². The Morgan fingerprint density at radius 2 is 2.45 bits per heavy atom. The Bertz CT molecular complexity index is 637. The van der Waals surface area contributed by atoms with E-state index in [1.165, 1.54) is 24.2 Å². The number of hydrogen-bond donors (Lipinski definition) is 2. The summed E-state index contributed by atoms with van der Waals surface area (Å²) < 4.78 is 0.701. The summed E-state index contributed by atoms with van der Waals surface area (Å²) in [5, 5.41) is 10.9. The number of aromatic nitrogens is 2. The van der Waals surface area contributed by atoms with Crippen molar-refractivity contribution in [2.24, 2.45) is 0 Å². The molecule has 5 nitrogen and oxygen atoms in total. The topological polar surface area (TPSA) is 69.2 Å². The summed E-state index contributed by atoms with van der Waals surface area (Å²) >= 11 is 1.43. The van der Waals surface area contributed by atoms with Crippen LogP contribution in [-0.2, 0) is 6.54 Å². The Morgan fingerprint density at radius 1 is 1.55 bits per heavy atom. The zero-order valence-corrected chi connectivity index (χ0v) is 12.2. The number of thiophene rings is 1. The average molecular weight is 293 g/mol. The van der Waals surface area contributed by atoms with E-state index < -0.39 is 0 Å². The highest BCUT2D eigenvalue weighted by atomic mass is 32.1. The van der Waals surface area contributed by atoms with Crippen molar-refractivity contribution in [3.05, 3.63) is 27.6 Å². The second-order valence-electron chi connectivity index (χ2n) is 5.28. The van der Waals surface area contributed by atoms with Crippen LogP contribution in [0.4, 0.5) is 0 Å². The molecule has 0 spiro atoms. The molecule has 1 fully saturated rings. The van der Waals surface area contributed by atoms with Gasteiger partial charge in [-0.1, -0.05) is 0 Å². The second kappa shape index (κ2) is 6.03. The van der Waals surface area contributed by atoms with Gasteiger partial charge in [0.1, 0.15) is 10.5 Å². The van der Waals surface area contributed by atoms with E-state index >= 15 is 0 Å². The van der Waals surface area contributed by atoms with Crippen molar-refractivity contribution in [1.82, 2.24) is 14.9 Å². The number of H-pyrrole nitrogens is 1. The van der Waals surface area contributed by atoms with E-state index in [9.17, 15) is 4.79 Å². The van der Waals surface area contributed by atoms with Gasteiger partial charge in [-0.3, -0.25) is 9.69 Å². The molecule has 0 bridgehead atoms. The van der Waals surface area contributed by atoms with Gasteiger partial charge in [0.05, 0.1) is 12.1 Å². The highest BCUT2D eigenvalue weighted by Gasteiger charge is 2.24. The summed E-state index contributed by atoms with van der Waals surface area (Å²) in [5.41, 5.74) is 0.756. The van der Waals surface area contributed by atoms with Gasteiger partial charge in [0, 0.05) is 12.6 Å². The number of nitrogens with zero attached hydrogens (tertiary/aromatic N) is 2. The lowest BCUT2D eigenvalue weighted by molar-refractivity contribution is 0.206. The van der Waals surface area contributed by atoms with Gasteiger partial charge in [-0.25, -0.2) is 4.98 Å². The van der Waals surface area contributed by atoms with Crippen LogP contribution in [-0.4, -0.2) is 39.2 Å². The quantitative estimate of drug-likeness (QED) is 0.881. The number of likely N-dealkylation sites (tertiary alicyclic amines) is 1. The van der Waals surface area contributed by atoms with Crippen LogP contribution in [0.3, 0.4) is 0 Å². The lowest BCUT2D eigenvalue weighted by Crippen LogP contribution is -2.30. The van der Waals surface area contributed by atoms with Gasteiger partial charge in [-0.05, 0) is 43.7 Å². The number of aliphatic hydroxyl groups excluding tert-OH is 1. The van der Waals surface area contributed by atoms with E-state index in [-0.39, 0.29) is 12.2 Å². The highest BCUT2D eigenvalue weighted by Crippen LogP contribution is 2.23. The molecule has 6 heteroatoms. The predicted molar refractivity (Wildman–Crippen MR) is 80.0 cm³/mol. The number of fused-ring (bicyclic) bond motifs is 1. The summed E-state index contributed by atoms with van der Waals surface area (Å²) in [6, 6.07) is 2.40. The maximum atomic E-state index is 12.0. The van der Waals surface area contributed by atoms with E-state index in [1.807, 2.05) is 11.4 Å². The van der Waals surface area contributed by atoms with Gasteiger partial charge in [-0.15, -0.1) is 11.3 Å². The van der Waals surface area contributed by atoms with E-state index in [4.69, 9.17) is 5.11 Å². The van der Waals surface area contributed by atoms with Crippen LogP contribution >= 0.6 is 11.3 Å². The molecule has 2 aromatic heterocycles. The number of aliphatic hydroxyl groups is 1. The minimum Gasteiger partial charge on any atom is -0.396 e. The molecule has 1 unspecified atom stereocenters. The maximum Gasteiger partial charge on any atom is 0.268 e. The third kappa shape index (κ3) is 2.77. The van der Waals surface area contributed by atoms with E-state index in [1.54, 1.807) is 0 Å².